The largest absolute Gasteiger partial charge is 0.335 e. The van der Waals surface area contributed by atoms with Gasteiger partial charge in [0.05, 0.1) is 23.4 Å². The van der Waals surface area contributed by atoms with E-state index in [0.717, 1.165) is 10.7 Å². The van der Waals surface area contributed by atoms with E-state index >= 15 is 0 Å². The molecule has 0 saturated heterocycles. The van der Waals surface area contributed by atoms with Crippen molar-refractivity contribution in [2.75, 3.05) is 6.54 Å². The number of Topliss-reactive ketones (excluding diaryl/α,β-unsaturated/α-hetero) is 1. The third-order valence-corrected chi connectivity index (χ3v) is 3.14. The van der Waals surface area contributed by atoms with E-state index in [0.29, 0.717) is 25.2 Å². The molecule has 0 atom stereocenters. The second-order valence-corrected chi connectivity index (χ2v) is 4.81. The van der Waals surface area contributed by atoms with Gasteiger partial charge in [-0.2, -0.15) is 0 Å². The maximum atomic E-state index is 11.9. The lowest BCUT2D eigenvalue weighted by molar-refractivity contribution is 0.0987. The summed E-state index contributed by atoms with van der Waals surface area (Å²) in [6.45, 7) is 3.14. The predicted molar refractivity (Wildman–Crippen MR) is 66.2 cm³/mol. The quantitative estimate of drug-likeness (QED) is 0.804. The summed E-state index contributed by atoms with van der Waals surface area (Å²) in [6.07, 6.45) is 3.67. The fourth-order valence-electron chi connectivity index (χ4n) is 1.52. The van der Waals surface area contributed by atoms with Crippen LogP contribution in [0.4, 0.5) is 0 Å². The predicted octanol–water partition coefficient (Wildman–Crippen LogP) is 1.03. The van der Waals surface area contributed by atoms with Crippen molar-refractivity contribution in [3.8, 4) is 0 Å². The molecule has 0 spiro atoms. The fourth-order valence-corrected chi connectivity index (χ4v) is 2.13. The van der Waals surface area contributed by atoms with E-state index in [2.05, 4.69) is 9.97 Å². The zero-order chi connectivity index (χ0) is 12.3. The Balaban J connectivity index is 2.03. The van der Waals surface area contributed by atoms with Crippen LogP contribution in [0.2, 0.25) is 0 Å². The van der Waals surface area contributed by atoms with Crippen LogP contribution < -0.4 is 5.73 Å². The van der Waals surface area contributed by atoms with Gasteiger partial charge >= 0.3 is 0 Å². The number of rotatable bonds is 5. The Bertz CT molecular complexity index is 517. The molecule has 0 aliphatic carbocycles. The first kappa shape index (κ1) is 11.9. The van der Waals surface area contributed by atoms with E-state index in [9.17, 15) is 4.79 Å². The summed E-state index contributed by atoms with van der Waals surface area (Å²) in [5.41, 5.74) is 6.72. The minimum Gasteiger partial charge on any atom is -0.335 e. The van der Waals surface area contributed by atoms with Gasteiger partial charge in [-0.15, -0.1) is 11.3 Å². The molecule has 2 N–H and O–H groups in total. The number of hydrogen-bond donors (Lipinski definition) is 1. The summed E-state index contributed by atoms with van der Waals surface area (Å²) in [5.74, 6) is -0.00827. The number of aromatic nitrogens is 3. The second-order valence-electron chi connectivity index (χ2n) is 3.74. The smallest absolute Gasteiger partial charge is 0.188 e. The first-order chi connectivity index (χ1) is 8.19. The zero-order valence-electron chi connectivity index (χ0n) is 9.59. The number of hydrogen-bond acceptors (Lipinski definition) is 5. The number of imidazole rings is 1. The third kappa shape index (κ3) is 2.98. The van der Waals surface area contributed by atoms with Gasteiger partial charge in [0.15, 0.2) is 5.78 Å². The summed E-state index contributed by atoms with van der Waals surface area (Å²) in [4.78, 5) is 20.2. The molecule has 0 aliphatic heterocycles. The van der Waals surface area contributed by atoms with E-state index in [1.807, 2.05) is 16.9 Å². The van der Waals surface area contributed by atoms with E-state index < -0.39 is 0 Å². The summed E-state index contributed by atoms with van der Waals surface area (Å²) < 4.78 is 1.82. The van der Waals surface area contributed by atoms with Gasteiger partial charge in [-0.05, 0) is 6.92 Å². The van der Waals surface area contributed by atoms with Crippen LogP contribution in [0.5, 0.6) is 0 Å². The molecule has 17 heavy (non-hydrogen) atoms. The average molecular weight is 250 g/mol. The number of nitrogens with zero attached hydrogens (tertiary/aromatic N) is 3. The molecule has 2 rings (SSSR count). The maximum absolute atomic E-state index is 11.9. The van der Waals surface area contributed by atoms with Crippen molar-refractivity contribution in [1.82, 2.24) is 14.5 Å². The Kier molecular flexibility index (Phi) is 3.65. The van der Waals surface area contributed by atoms with Gasteiger partial charge < -0.3 is 10.3 Å². The maximum Gasteiger partial charge on any atom is 0.188 e. The Morgan fingerprint density at radius 2 is 2.41 bits per heavy atom. The normalized spacial score (nSPS) is 10.7. The third-order valence-electron chi connectivity index (χ3n) is 2.31. The summed E-state index contributed by atoms with van der Waals surface area (Å²) in [7, 11) is 0. The summed E-state index contributed by atoms with van der Waals surface area (Å²) in [5, 5.41) is 2.88. The highest BCUT2D eigenvalue weighted by atomic mass is 32.1. The van der Waals surface area contributed by atoms with Crippen LogP contribution in [0.25, 0.3) is 0 Å². The van der Waals surface area contributed by atoms with Crippen LogP contribution in [0.3, 0.4) is 0 Å². The summed E-state index contributed by atoms with van der Waals surface area (Å²) >= 11 is 1.55. The Morgan fingerprint density at radius 1 is 1.59 bits per heavy atom. The van der Waals surface area contributed by atoms with Crippen LogP contribution in [0.1, 0.15) is 21.2 Å². The van der Waals surface area contributed by atoms with Crippen molar-refractivity contribution in [2.45, 2.75) is 19.9 Å². The van der Waals surface area contributed by atoms with Crippen molar-refractivity contribution in [3.05, 3.63) is 34.3 Å². The van der Waals surface area contributed by atoms with Crippen LogP contribution >= 0.6 is 11.3 Å². The lowest BCUT2D eigenvalue weighted by atomic mass is 10.2. The lowest BCUT2D eigenvalue weighted by Crippen LogP contribution is -2.08. The molecule has 0 amide bonds. The van der Waals surface area contributed by atoms with Crippen molar-refractivity contribution < 1.29 is 4.79 Å². The van der Waals surface area contributed by atoms with Crippen LogP contribution in [0.15, 0.2) is 17.9 Å². The van der Waals surface area contributed by atoms with Gasteiger partial charge in [0.1, 0.15) is 5.69 Å². The van der Waals surface area contributed by atoms with E-state index in [-0.39, 0.29) is 5.78 Å². The molecule has 5 nitrogen and oxygen atoms in total. The second kappa shape index (κ2) is 5.20. The molecular weight excluding hydrogens is 236 g/mol. The summed E-state index contributed by atoms with van der Waals surface area (Å²) in [6, 6.07) is 0. The molecule has 0 fully saturated rings. The molecule has 0 aliphatic rings. The Hall–Kier alpha value is -1.53. The van der Waals surface area contributed by atoms with Crippen molar-refractivity contribution in [1.29, 1.82) is 0 Å². The lowest BCUT2D eigenvalue weighted by Gasteiger charge is -1.96. The number of carbonyl (C=O) groups excluding carboxylic acids is 1. The van der Waals surface area contributed by atoms with Crippen LogP contribution in [-0.2, 0) is 13.0 Å². The highest BCUT2D eigenvalue weighted by Crippen LogP contribution is 2.10. The number of carbonyl (C=O) groups is 1. The standard InChI is InChI=1S/C11H14N4OS/c1-8-14-9(6-17-8)4-11(16)10-5-15(3-2-12)7-13-10/h5-7H,2-4,12H2,1H3. The molecule has 0 aromatic carbocycles. The number of aryl methyl sites for hydroxylation is 1. The van der Waals surface area contributed by atoms with Crippen molar-refractivity contribution >= 4 is 17.1 Å². The van der Waals surface area contributed by atoms with Crippen molar-refractivity contribution in [3.63, 3.8) is 0 Å². The molecular formula is C11H14N4OS. The zero-order valence-corrected chi connectivity index (χ0v) is 10.4. The molecule has 0 bridgehead atoms. The van der Waals surface area contributed by atoms with Crippen molar-refractivity contribution in [2.24, 2.45) is 5.73 Å². The molecule has 90 valence electrons. The minimum absolute atomic E-state index is 0.00827. The fraction of sp³-hybridized carbons (Fsp3) is 0.364. The van der Waals surface area contributed by atoms with Gasteiger partial charge in [-0.1, -0.05) is 0 Å². The van der Waals surface area contributed by atoms with Crippen LogP contribution in [-0.4, -0.2) is 26.9 Å². The number of ketones is 1. The highest BCUT2D eigenvalue weighted by Gasteiger charge is 2.11. The SMILES string of the molecule is Cc1nc(CC(=O)c2cn(CCN)cn2)cs1. The molecule has 2 aromatic heterocycles. The molecule has 2 heterocycles. The average Bonchev–Trinajstić information content (AvgIpc) is 2.88. The first-order valence-corrected chi connectivity index (χ1v) is 6.23. The monoisotopic (exact) mass is 250 g/mol. The molecule has 0 unspecified atom stereocenters. The van der Waals surface area contributed by atoms with Crippen LogP contribution in [0, 0.1) is 6.92 Å². The topological polar surface area (TPSA) is 73.8 Å². The van der Waals surface area contributed by atoms with Gasteiger partial charge in [0, 0.05) is 24.7 Å². The molecule has 0 saturated carbocycles. The van der Waals surface area contributed by atoms with E-state index in [1.165, 1.54) is 0 Å². The highest BCUT2D eigenvalue weighted by molar-refractivity contribution is 7.09. The Labute approximate surface area is 103 Å². The first-order valence-electron chi connectivity index (χ1n) is 5.35. The number of thiazole rings is 1. The number of nitrogens with two attached hydrogens (primary N) is 1. The molecule has 2 aromatic rings. The van der Waals surface area contributed by atoms with E-state index in [4.69, 9.17) is 5.73 Å². The van der Waals surface area contributed by atoms with E-state index in [1.54, 1.807) is 23.9 Å². The minimum atomic E-state index is -0.00827. The molecule has 0 radical (unpaired) electrons. The van der Waals surface area contributed by atoms with Gasteiger partial charge in [0.25, 0.3) is 0 Å². The molecule has 6 heteroatoms. The van der Waals surface area contributed by atoms with Gasteiger partial charge in [-0.25, -0.2) is 9.97 Å². The Morgan fingerprint density at radius 3 is 3.06 bits per heavy atom. The van der Waals surface area contributed by atoms with Gasteiger partial charge in [0.2, 0.25) is 0 Å². The van der Waals surface area contributed by atoms with Gasteiger partial charge in [-0.3, -0.25) is 4.79 Å².